The van der Waals surface area contributed by atoms with E-state index in [-0.39, 0.29) is 0 Å². The zero-order chi connectivity index (χ0) is 12.5. The lowest BCUT2D eigenvalue weighted by atomic mass is 10.1. The predicted molar refractivity (Wildman–Crippen MR) is 72.5 cm³/mol. The van der Waals surface area contributed by atoms with Crippen LogP contribution in [0.25, 0.3) is 22.4 Å². The summed E-state index contributed by atoms with van der Waals surface area (Å²) < 4.78 is 5.45. The van der Waals surface area contributed by atoms with Gasteiger partial charge in [-0.2, -0.15) is 12.6 Å². The fraction of sp³-hybridized carbons (Fsp3) is 0.154. The molecule has 0 aliphatic rings. The highest BCUT2D eigenvalue weighted by atomic mass is 32.1. The zero-order valence-corrected chi connectivity index (χ0v) is 10.7. The summed E-state index contributed by atoms with van der Waals surface area (Å²) in [5.41, 5.74) is 3.51. The molecular weight excluding hydrogens is 246 g/mol. The fourth-order valence-corrected chi connectivity index (χ4v) is 1.99. The monoisotopic (exact) mass is 257 g/mol. The van der Waals surface area contributed by atoms with Gasteiger partial charge >= 0.3 is 0 Å². The van der Waals surface area contributed by atoms with Gasteiger partial charge in [0.2, 0.25) is 0 Å². The van der Waals surface area contributed by atoms with Crippen LogP contribution in [0.15, 0.2) is 34.9 Å². The predicted octanol–water partition coefficient (Wildman–Crippen LogP) is 3.02. The molecule has 18 heavy (non-hydrogen) atoms. The first kappa shape index (κ1) is 11.2. The van der Waals surface area contributed by atoms with E-state index >= 15 is 0 Å². The molecule has 0 saturated carbocycles. The van der Waals surface area contributed by atoms with E-state index in [9.17, 15) is 0 Å². The SMILES string of the molecule is Cc1nc2cc(-c3ccnc(CS)n3)ccc2o1. The van der Waals surface area contributed by atoms with Crippen LogP contribution in [0.5, 0.6) is 0 Å². The van der Waals surface area contributed by atoms with Crippen molar-refractivity contribution in [1.82, 2.24) is 15.0 Å². The van der Waals surface area contributed by atoms with E-state index in [4.69, 9.17) is 4.42 Å². The number of nitrogens with zero attached hydrogens (tertiary/aromatic N) is 3. The largest absolute Gasteiger partial charge is 0.441 e. The van der Waals surface area contributed by atoms with Crippen LogP contribution in [0, 0.1) is 6.92 Å². The van der Waals surface area contributed by atoms with Gasteiger partial charge in [-0.25, -0.2) is 15.0 Å². The van der Waals surface area contributed by atoms with E-state index < -0.39 is 0 Å². The number of rotatable bonds is 2. The molecule has 3 aromatic rings. The normalized spacial score (nSPS) is 11.0. The van der Waals surface area contributed by atoms with Crippen molar-refractivity contribution in [2.45, 2.75) is 12.7 Å². The van der Waals surface area contributed by atoms with Gasteiger partial charge < -0.3 is 4.42 Å². The van der Waals surface area contributed by atoms with E-state index in [1.165, 1.54) is 0 Å². The minimum absolute atomic E-state index is 0.527. The van der Waals surface area contributed by atoms with E-state index in [2.05, 4.69) is 27.6 Å². The van der Waals surface area contributed by atoms with Crippen LogP contribution in [-0.4, -0.2) is 15.0 Å². The van der Waals surface area contributed by atoms with Crippen LogP contribution in [-0.2, 0) is 5.75 Å². The number of benzene rings is 1. The first-order chi connectivity index (χ1) is 8.76. The number of hydrogen-bond donors (Lipinski definition) is 1. The lowest BCUT2D eigenvalue weighted by molar-refractivity contribution is 0.561. The molecule has 0 amide bonds. The Morgan fingerprint density at radius 3 is 2.94 bits per heavy atom. The molecule has 0 N–H and O–H groups in total. The highest BCUT2D eigenvalue weighted by Crippen LogP contribution is 2.23. The standard InChI is InChI=1S/C13H11N3OS/c1-8-15-11-6-9(2-3-12(11)17-8)10-4-5-14-13(7-18)16-10/h2-6,18H,7H2,1H3. The second-order valence-corrected chi connectivity index (χ2v) is 4.25. The first-order valence-electron chi connectivity index (χ1n) is 5.56. The highest BCUT2D eigenvalue weighted by molar-refractivity contribution is 7.79. The summed E-state index contributed by atoms with van der Waals surface area (Å²) in [4.78, 5) is 12.9. The van der Waals surface area contributed by atoms with Crippen molar-refractivity contribution in [3.63, 3.8) is 0 Å². The van der Waals surface area contributed by atoms with Crippen LogP contribution in [0.4, 0.5) is 0 Å². The molecule has 1 aromatic carbocycles. The Bertz CT molecular complexity index is 708. The molecule has 5 heteroatoms. The quantitative estimate of drug-likeness (QED) is 0.717. The van der Waals surface area contributed by atoms with Gasteiger partial charge in [-0.05, 0) is 24.3 Å². The maximum atomic E-state index is 5.45. The van der Waals surface area contributed by atoms with Gasteiger partial charge in [-0.1, -0.05) is 0 Å². The molecule has 0 spiro atoms. The van der Waals surface area contributed by atoms with Crippen molar-refractivity contribution in [3.05, 3.63) is 42.2 Å². The molecule has 0 aliphatic carbocycles. The Labute approximate surface area is 110 Å². The topological polar surface area (TPSA) is 51.8 Å². The molecule has 2 aromatic heterocycles. The average molecular weight is 257 g/mol. The van der Waals surface area contributed by atoms with Gasteiger partial charge in [0.25, 0.3) is 0 Å². The maximum Gasteiger partial charge on any atom is 0.192 e. The molecule has 3 rings (SSSR count). The second-order valence-electron chi connectivity index (χ2n) is 3.93. The molecule has 0 aliphatic heterocycles. The summed E-state index contributed by atoms with van der Waals surface area (Å²) in [6.07, 6.45) is 1.74. The van der Waals surface area contributed by atoms with Gasteiger partial charge in [-0.3, -0.25) is 0 Å². The number of hydrogen-bond acceptors (Lipinski definition) is 5. The number of aromatic nitrogens is 3. The first-order valence-corrected chi connectivity index (χ1v) is 6.20. The van der Waals surface area contributed by atoms with E-state index in [1.54, 1.807) is 6.20 Å². The molecule has 0 saturated heterocycles. The number of fused-ring (bicyclic) bond motifs is 1. The van der Waals surface area contributed by atoms with Gasteiger partial charge in [0.15, 0.2) is 11.5 Å². The molecule has 0 radical (unpaired) electrons. The smallest absolute Gasteiger partial charge is 0.192 e. The molecule has 0 fully saturated rings. The molecule has 90 valence electrons. The van der Waals surface area contributed by atoms with E-state index in [1.807, 2.05) is 31.2 Å². The minimum Gasteiger partial charge on any atom is -0.441 e. The summed E-state index contributed by atoms with van der Waals surface area (Å²) in [5.74, 6) is 1.91. The van der Waals surface area contributed by atoms with E-state index in [0.29, 0.717) is 17.5 Å². The van der Waals surface area contributed by atoms with Gasteiger partial charge in [0.1, 0.15) is 11.3 Å². The lowest BCUT2D eigenvalue weighted by Crippen LogP contribution is -1.92. The summed E-state index contributed by atoms with van der Waals surface area (Å²) in [6.45, 7) is 1.84. The van der Waals surface area contributed by atoms with Crippen molar-refractivity contribution in [2.24, 2.45) is 0 Å². The van der Waals surface area contributed by atoms with Crippen molar-refractivity contribution >= 4 is 23.7 Å². The molecule has 0 atom stereocenters. The Balaban J connectivity index is 2.12. The molecule has 2 heterocycles. The van der Waals surface area contributed by atoms with Crippen LogP contribution >= 0.6 is 12.6 Å². The number of aryl methyl sites for hydroxylation is 1. The van der Waals surface area contributed by atoms with E-state index in [0.717, 1.165) is 22.4 Å². The zero-order valence-electron chi connectivity index (χ0n) is 9.79. The summed E-state index contributed by atoms with van der Waals surface area (Å²) in [6, 6.07) is 7.72. The van der Waals surface area contributed by atoms with Crippen molar-refractivity contribution in [1.29, 1.82) is 0 Å². The minimum atomic E-state index is 0.527. The van der Waals surface area contributed by atoms with Gasteiger partial charge in [0, 0.05) is 18.7 Å². The number of thiol groups is 1. The Kier molecular flexibility index (Phi) is 2.76. The summed E-state index contributed by atoms with van der Waals surface area (Å²) in [5, 5.41) is 0. The van der Waals surface area contributed by atoms with Crippen LogP contribution in [0.2, 0.25) is 0 Å². The summed E-state index contributed by atoms with van der Waals surface area (Å²) >= 11 is 4.18. The van der Waals surface area contributed by atoms with Gasteiger partial charge in [-0.15, -0.1) is 0 Å². The third kappa shape index (κ3) is 1.97. The molecule has 0 bridgehead atoms. The lowest BCUT2D eigenvalue weighted by Gasteiger charge is -2.01. The van der Waals surface area contributed by atoms with Crippen molar-refractivity contribution in [2.75, 3.05) is 0 Å². The maximum absolute atomic E-state index is 5.45. The highest BCUT2D eigenvalue weighted by Gasteiger charge is 2.06. The Morgan fingerprint density at radius 1 is 1.22 bits per heavy atom. The molecular formula is C13H11N3OS. The number of oxazole rings is 1. The second kappa shape index (κ2) is 4.42. The summed E-state index contributed by atoms with van der Waals surface area (Å²) in [7, 11) is 0. The Morgan fingerprint density at radius 2 is 2.11 bits per heavy atom. The third-order valence-electron chi connectivity index (χ3n) is 2.64. The third-order valence-corrected chi connectivity index (χ3v) is 2.92. The molecule has 0 unspecified atom stereocenters. The van der Waals surface area contributed by atoms with Crippen LogP contribution in [0.1, 0.15) is 11.7 Å². The molecule has 4 nitrogen and oxygen atoms in total. The van der Waals surface area contributed by atoms with Crippen LogP contribution in [0.3, 0.4) is 0 Å². The van der Waals surface area contributed by atoms with Gasteiger partial charge in [0.05, 0.1) is 11.4 Å². The Hall–Kier alpha value is -1.88. The van der Waals surface area contributed by atoms with Crippen molar-refractivity contribution < 1.29 is 4.42 Å². The van der Waals surface area contributed by atoms with Crippen molar-refractivity contribution in [3.8, 4) is 11.3 Å². The average Bonchev–Trinajstić information content (AvgIpc) is 2.77. The fourth-order valence-electron chi connectivity index (χ4n) is 1.84. The van der Waals surface area contributed by atoms with Crippen LogP contribution < -0.4 is 0 Å².